The molecule has 1 saturated heterocycles. The van der Waals surface area contributed by atoms with Crippen LogP contribution in [-0.2, 0) is 4.79 Å². The third-order valence-corrected chi connectivity index (χ3v) is 5.50. The van der Waals surface area contributed by atoms with Crippen molar-refractivity contribution in [1.82, 2.24) is 10.3 Å². The fraction of sp³-hybridized carbons (Fsp3) is 0.556. The van der Waals surface area contributed by atoms with Crippen LogP contribution in [0.1, 0.15) is 33.6 Å². The monoisotopic (exact) mass is 331 g/mol. The Kier molecular flexibility index (Phi) is 4.57. The van der Waals surface area contributed by atoms with Crippen molar-refractivity contribution in [3.8, 4) is 0 Å². The fourth-order valence-corrected chi connectivity index (χ4v) is 3.84. The third-order valence-electron chi connectivity index (χ3n) is 4.40. The van der Waals surface area contributed by atoms with Crippen LogP contribution >= 0.6 is 11.3 Å². The van der Waals surface area contributed by atoms with Gasteiger partial charge in [0.2, 0.25) is 5.91 Å². The number of hydrogen-bond acceptors (Lipinski definition) is 4. The molecule has 0 radical (unpaired) electrons. The van der Waals surface area contributed by atoms with Gasteiger partial charge in [0, 0.05) is 25.0 Å². The molecular weight excluding hydrogens is 306 g/mol. The number of nitrogens with one attached hydrogen (secondary N) is 1. The summed E-state index contributed by atoms with van der Waals surface area (Å²) in [6, 6.07) is 8.31. The van der Waals surface area contributed by atoms with E-state index in [1.54, 1.807) is 11.3 Å². The smallest absolute Gasteiger partial charge is 0.225 e. The molecule has 1 N–H and O–H groups in total. The lowest BCUT2D eigenvalue weighted by Crippen LogP contribution is -2.41. The minimum Gasteiger partial charge on any atom is -0.355 e. The summed E-state index contributed by atoms with van der Waals surface area (Å²) < 4.78 is 1.25. The zero-order valence-electron chi connectivity index (χ0n) is 14.1. The zero-order valence-corrected chi connectivity index (χ0v) is 14.9. The van der Waals surface area contributed by atoms with Crippen molar-refractivity contribution in [3.63, 3.8) is 0 Å². The van der Waals surface area contributed by atoms with Crippen molar-refractivity contribution in [2.24, 2.45) is 11.3 Å². The van der Waals surface area contributed by atoms with Crippen molar-refractivity contribution in [1.29, 1.82) is 0 Å². The van der Waals surface area contributed by atoms with E-state index < -0.39 is 0 Å². The molecule has 124 valence electrons. The molecule has 3 rings (SSSR count). The Labute approximate surface area is 141 Å². The van der Waals surface area contributed by atoms with Crippen molar-refractivity contribution in [2.45, 2.75) is 33.6 Å². The van der Waals surface area contributed by atoms with E-state index in [0.29, 0.717) is 5.92 Å². The van der Waals surface area contributed by atoms with Crippen LogP contribution in [0.2, 0.25) is 0 Å². The highest BCUT2D eigenvalue weighted by Gasteiger charge is 2.25. The van der Waals surface area contributed by atoms with Gasteiger partial charge >= 0.3 is 0 Å². The quantitative estimate of drug-likeness (QED) is 0.933. The number of para-hydroxylation sites is 1. The molecule has 0 spiro atoms. The molecule has 5 heteroatoms. The summed E-state index contributed by atoms with van der Waals surface area (Å²) in [7, 11) is 0. The molecule has 1 aliphatic rings. The molecule has 1 aromatic heterocycles. The first-order valence-electron chi connectivity index (χ1n) is 8.32. The Bertz CT molecular complexity index is 648. The molecule has 23 heavy (non-hydrogen) atoms. The number of benzene rings is 1. The number of carbonyl (C=O) groups excluding carboxylic acids is 1. The largest absolute Gasteiger partial charge is 0.355 e. The number of carbonyl (C=O) groups is 1. The van der Waals surface area contributed by atoms with Gasteiger partial charge in [0.1, 0.15) is 0 Å². The summed E-state index contributed by atoms with van der Waals surface area (Å²) in [5, 5.41) is 4.23. The summed E-state index contributed by atoms with van der Waals surface area (Å²) in [6.45, 7) is 8.71. The van der Waals surface area contributed by atoms with Crippen molar-refractivity contribution < 1.29 is 4.79 Å². The van der Waals surface area contributed by atoms with Gasteiger partial charge in [-0.3, -0.25) is 4.79 Å². The number of aromatic nitrogens is 1. The Morgan fingerprint density at radius 3 is 2.65 bits per heavy atom. The lowest BCUT2D eigenvalue weighted by molar-refractivity contribution is -0.128. The molecule has 0 saturated carbocycles. The number of rotatable bonds is 3. The van der Waals surface area contributed by atoms with E-state index in [1.807, 2.05) is 26.8 Å². The molecule has 0 unspecified atom stereocenters. The lowest BCUT2D eigenvalue weighted by Gasteiger charge is -2.32. The Hall–Kier alpha value is -1.62. The molecule has 1 amide bonds. The normalized spacial score (nSPS) is 16.7. The predicted molar refractivity (Wildman–Crippen MR) is 97.0 cm³/mol. The van der Waals surface area contributed by atoms with E-state index in [1.165, 1.54) is 4.70 Å². The summed E-state index contributed by atoms with van der Waals surface area (Å²) >= 11 is 1.77. The maximum atomic E-state index is 12.0. The Balaban J connectivity index is 1.53. The average Bonchev–Trinajstić information content (AvgIpc) is 2.96. The highest BCUT2D eigenvalue weighted by molar-refractivity contribution is 7.22. The lowest BCUT2D eigenvalue weighted by atomic mass is 9.93. The number of thiazole rings is 1. The predicted octanol–water partition coefficient (Wildman–Crippen LogP) is 3.68. The highest BCUT2D eigenvalue weighted by Crippen LogP contribution is 2.31. The first kappa shape index (κ1) is 16.2. The molecule has 2 aromatic rings. The van der Waals surface area contributed by atoms with Gasteiger partial charge in [0.15, 0.2) is 5.13 Å². The second-order valence-corrected chi connectivity index (χ2v) is 8.36. The molecule has 1 aliphatic heterocycles. The summed E-state index contributed by atoms with van der Waals surface area (Å²) in [5.74, 6) is 0.720. The van der Waals surface area contributed by atoms with Crippen LogP contribution in [0.3, 0.4) is 0 Å². The Morgan fingerprint density at radius 2 is 2.00 bits per heavy atom. The van der Waals surface area contributed by atoms with Crippen LogP contribution < -0.4 is 10.2 Å². The van der Waals surface area contributed by atoms with Crippen molar-refractivity contribution >= 4 is 32.6 Å². The van der Waals surface area contributed by atoms with E-state index in [0.717, 1.165) is 43.1 Å². The topological polar surface area (TPSA) is 45.2 Å². The van der Waals surface area contributed by atoms with Gasteiger partial charge in [0.05, 0.1) is 10.2 Å². The standard InChI is InChI=1S/C18H25N3OS/c1-18(2,3)16(22)19-12-13-8-10-21(11-9-13)17-20-14-6-4-5-7-15(14)23-17/h4-7,13H,8-12H2,1-3H3,(H,19,22). The molecule has 1 fully saturated rings. The van der Waals surface area contributed by atoms with Crippen LogP contribution in [0.25, 0.3) is 10.2 Å². The van der Waals surface area contributed by atoms with Crippen molar-refractivity contribution in [3.05, 3.63) is 24.3 Å². The summed E-state index contributed by atoms with van der Waals surface area (Å²) in [6.07, 6.45) is 2.22. The molecule has 0 aliphatic carbocycles. The molecule has 2 heterocycles. The number of nitrogens with zero attached hydrogens (tertiary/aromatic N) is 2. The molecule has 0 bridgehead atoms. The number of piperidine rings is 1. The van der Waals surface area contributed by atoms with Crippen LogP contribution in [0.4, 0.5) is 5.13 Å². The van der Waals surface area contributed by atoms with Crippen LogP contribution in [-0.4, -0.2) is 30.5 Å². The average molecular weight is 331 g/mol. The van der Waals surface area contributed by atoms with Crippen molar-refractivity contribution in [2.75, 3.05) is 24.5 Å². The van der Waals surface area contributed by atoms with E-state index in [9.17, 15) is 4.79 Å². The molecule has 4 nitrogen and oxygen atoms in total. The molecule has 0 atom stereocenters. The van der Waals surface area contributed by atoms with Gasteiger partial charge in [-0.15, -0.1) is 0 Å². The number of fused-ring (bicyclic) bond motifs is 1. The second-order valence-electron chi connectivity index (χ2n) is 7.35. The maximum absolute atomic E-state index is 12.0. The SMILES string of the molecule is CC(C)(C)C(=O)NCC1CCN(c2nc3ccccc3s2)CC1. The molecular formula is C18H25N3OS. The van der Waals surface area contributed by atoms with Crippen LogP contribution in [0.5, 0.6) is 0 Å². The van der Waals surface area contributed by atoms with Gasteiger partial charge in [-0.05, 0) is 30.9 Å². The maximum Gasteiger partial charge on any atom is 0.225 e. The minimum absolute atomic E-state index is 0.145. The van der Waals surface area contributed by atoms with Gasteiger partial charge in [0.25, 0.3) is 0 Å². The van der Waals surface area contributed by atoms with Crippen LogP contribution in [0, 0.1) is 11.3 Å². The van der Waals surface area contributed by atoms with Gasteiger partial charge in [-0.1, -0.05) is 44.2 Å². The minimum atomic E-state index is -0.304. The van der Waals surface area contributed by atoms with Gasteiger partial charge in [-0.25, -0.2) is 4.98 Å². The first-order valence-corrected chi connectivity index (χ1v) is 9.14. The zero-order chi connectivity index (χ0) is 16.4. The van der Waals surface area contributed by atoms with Gasteiger partial charge in [-0.2, -0.15) is 0 Å². The fourth-order valence-electron chi connectivity index (χ4n) is 2.83. The van der Waals surface area contributed by atoms with E-state index >= 15 is 0 Å². The number of amides is 1. The highest BCUT2D eigenvalue weighted by atomic mass is 32.1. The molecule has 1 aromatic carbocycles. The Morgan fingerprint density at radius 1 is 1.30 bits per heavy atom. The third kappa shape index (κ3) is 3.83. The summed E-state index contributed by atoms with van der Waals surface area (Å²) in [4.78, 5) is 19.1. The van der Waals surface area contributed by atoms with E-state index in [4.69, 9.17) is 4.98 Å². The number of hydrogen-bond donors (Lipinski definition) is 1. The van der Waals surface area contributed by atoms with E-state index in [2.05, 4.69) is 28.4 Å². The van der Waals surface area contributed by atoms with Gasteiger partial charge < -0.3 is 10.2 Å². The number of anilines is 1. The second kappa shape index (κ2) is 6.48. The van der Waals surface area contributed by atoms with E-state index in [-0.39, 0.29) is 11.3 Å². The summed E-state index contributed by atoms with van der Waals surface area (Å²) in [5.41, 5.74) is 0.786. The van der Waals surface area contributed by atoms with Crippen LogP contribution in [0.15, 0.2) is 24.3 Å². The first-order chi connectivity index (χ1) is 10.9.